The van der Waals surface area contributed by atoms with Gasteiger partial charge in [-0.3, -0.25) is 0 Å². The predicted molar refractivity (Wildman–Crippen MR) is 115 cm³/mol. The standard InChI is InChI=1S/C25H32O7/c1-8-12(3)21(26)31-20-19-17(29-19)14(5)16-18-15(10-11-24(16,20)6)25(7,23(28)30-18)32-22(27)13(4)9-2/h8-9,15-20H,5,10-11H2,1-4,6-7H3. The lowest BCUT2D eigenvalue weighted by atomic mass is 9.53. The number of allylic oxidation sites excluding steroid dienone is 2. The number of esters is 3. The lowest BCUT2D eigenvalue weighted by Gasteiger charge is -2.52. The van der Waals surface area contributed by atoms with Gasteiger partial charge in [-0.1, -0.05) is 25.7 Å². The number of carbonyl (C=O) groups excluding carboxylic acids is 3. The van der Waals surface area contributed by atoms with Gasteiger partial charge in [-0.25, -0.2) is 14.4 Å². The second-order valence-corrected chi connectivity index (χ2v) is 9.86. The monoisotopic (exact) mass is 444 g/mol. The molecule has 2 heterocycles. The van der Waals surface area contributed by atoms with Crippen LogP contribution in [0.5, 0.6) is 0 Å². The highest BCUT2D eigenvalue weighted by Gasteiger charge is 2.72. The zero-order chi connectivity index (χ0) is 23.6. The molecule has 2 aliphatic heterocycles. The summed E-state index contributed by atoms with van der Waals surface area (Å²) < 4.78 is 23.4. The van der Waals surface area contributed by atoms with E-state index in [2.05, 4.69) is 13.5 Å². The summed E-state index contributed by atoms with van der Waals surface area (Å²) in [6.45, 7) is 14.9. The van der Waals surface area contributed by atoms with E-state index in [0.717, 1.165) is 5.57 Å². The van der Waals surface area contributed by atoms with Crippen LogP contribution in [-0.2, 0) is 33.3 Å². The fourth-order valence-corrected chi connectivity index (χ4v) is 5.72. The number of hydrogen-bond donors (Lipinski definition) is 0. The summed E-state index contributed by atoms with van der Waals surface area (Å²) in [6.07, 6.45) is 3.17. The molecule has 32 heavy (non-hydrogen) atoms. The summed E-state index contributed by atoms with van der Waals surface area (Å²) in [7, 11) is 0. The molecule has 7 heteroatoms. The van der Waals surface area contributed by atoms with Crippen LogP contribution in [0.15, 0.2) is 35.5 Å². The first kappa shape index (κ1) is 22.8. The molecule has 2 saturated carbocycles. The van der Waals surface area contributed by atoms with E-state index in [1.165, 1.54) is 0 Å². The van der Waals surface area contributed by atoms with Crippen LogP contribution in [0.25, 0.3) is 0 Å². The molecule has 0 bridgehead atoms. The third-order valence-corrected chi connectivity index (χ3v) is 8.07. The van der Waals surface area contributed by atoms with Crippen molar-refractivity contribution in [1.82, 2.24) is 0 Å². The van der Waals surface area contributed by atoms with Gasteiger partial charge in [0, 0.05) is 28.4 Å². The zero-order valence-corrected chi connectivity index (χ0v) is 19.6. The molecule has 0 aromatic heterocycles. The number of ether oxygens (including phenoxy) is 4. The van der Waals surface area contributed by atoms with Crippen LogP contribution in [0.2, 0.25) is 0 Å². The first-order chi connectivity index (χ1) is 15.0. The van der Waals surface area contributed by atoms with Crippen LogP contribution in [0.3, 0.4) is 0 Å². The third-order valence-electron chi connectivity index (χ3n) is 8.07. The maximum absolute atomic E-state index is 13.0. The fourth-order valence-electron chi connectivity index (χ4n) is 5.72. The van der Waals surface area contributed by atoms with E-state index in [1.807, 2.05) is 0 Å². The molecule has 4 aliphatic rings. The van der Waals surface area contributed by atoms with Crippen molar-refractivity contribution in [1.29, 1.82) is 0 Å². The normalized spacial score (nSPS) is 42.9. The second kappa shape index (κ2) is 7.58. The molecular weight excluding hydrogens is 412 g/mol. The Bertz CT molecular complexity index is 946. The molecule has 0 radical (unpaired) electrons. The lowest BCUT2D eigenvalue weighted by molar-refractivity contribution is -0.171. The van der Waals surface area contributed by atoms with Crippen LogP contribution in [0.4, 0.5) is 0 Å². The number of carbonyl (C=O) groups is 3. The fraction of sp³-hybridized carbons (Fsp3) is 0.640. The topological polar surface area (TPSA) is 91.4 Å². The smallest absolute Gasteiger partial charge is 0.351 e. The molecule has 174 valence electrons. The van der Waals surface area contributed by atoms with E-state index in [0.29, 0.717) is 24.0 Å². The van der Waals surface area contributed by atoms with Crippen molar-refractivity contribution in [3.8, 4) is 0 Å². The molecule has 0 amide bonds. The van der Waals surface area contributed by atoms with Crippen LogP contribution >= 0.6 is 0 Å². The van der Waals surface area contributed by atoms with Gasteiger partial charge in [-0.2, -0.15) is 0 Å². The first-order valence-electron chi connectivity index (χ1n) is 11.2. The van der Waals surface area contributed by atoms with Gasteiger partial charge in [0.15, 0.2) is 0 Å². The Labute approximate surface area is 188 Å². The highest BCUT2D eigenvalue weighted by atomic mass is 16.6. The molecule has 2 saturated heterocycles. The summed E-state index contributed by atoms with van der Waals surface area (Å²) in [5, 5.41) is 0. The van der Waals surface area contributed by atoms with E-state index in [1.54, 1.807) is 46.8 Å². The van der Waals surface area contributed by atoms with Crippen LogP contribution in [0, 0.1) is 17.3 Å². The molecule has 8 atom stereocenters. The molecule has 0 aromatic rings. The van der Waals surface area contributed by atoms with Crippen molar-refractivity contribution in [3.05, 3.63) is 35.5 Å². The number of rotatable bonds is 4. The van der Waals surface area contributed by atoms with Crippen molar-refractivity contribution >= 4 is 17.9 Å². The van der Waals surface area contributed by atoms with Crippen LogP contribution in [0.1, 0.15) is 54.4 Å². The van der Waals surface area contributed by atoms with Gasteiger partial charge >= 0.3 is 17.9 Å². The Morgan fingerprint density at radius 1 is 1.09 bits per heavy atom. The highest BCUT2D eigenvalue weighted by molar-refractivity contribution is 5.92. The minimum absolute atomic E-state index is 0.228. The summed E-state index contributed by atoms with van der Waals surface area (Å²) in [6, 6.07) is 0. The number of fused-ring (bicyclic) bond motifs is 4. The minimum Gasteiger partial charge on any atom is -0.458 e. The Balaban J connectivity index is 1.65. The van der Waals surface area contributed by atoms with Gasteiger partial charge in [-0.05, 0) is 53.0 Å². The maximum Gasteiger partial charge on any atom is 0.351 e. The van der Waals surface area contributed by atoms with Crippen molar-refractivity contribution in [2.24, 2.45) is 17.3 Å². The Morgan fingerprint density at radius 2 is 1.72 bits per heavy atom. The van der Waals surface area contributed by atoms with Crippen LogP contribution < -0.4 is 0 Å². The van der Waals surface area contributed by atoms with Gasteiger partial charge in [0.1, 0.15) is 24.4 Å². The van der Waals surface area contributed by atoms with Crippen molar-refractivity contribution < 1.29 is 33.3 Å². The zero-order valence-electron chi connectivity index (χ0n) is 19.6. The largest absolute Gasteiger partial charge is 0.458 e. The van der Waals surface area contributed by atoms with Crippen molar-refractivity contribution in [2.45, 2.75) is 84.4 Å². The molecule has 8 unspecified atom stereocenters. The molecular formula is C25H32O7. The van der Waals surface area contributed by atoms with Gasteiger partial charge < -0.3 is 18.9 Å². The molecule has 7 nitrogen and oxygen atoms in total. The van der Waals surface area contributed by atoms with E-state index in [9.17, 15) is 14.4 Å². The highest BCUT2D eigenvalue weighted by Crippen LogP contribution is 2.63. The maximum atomic E-state index is 13.0. The SMILES string of the molecule is C=C1C2OC2C(OC(=O)C(C)=CC)C2(C)CCC3C(OC(=O)C3(C)OC(=O)C(C)=CC)C12. The summed E-state index contributed by atoms with van der Waals surface area (Å²) in [5.41, 5.74) is -0.0515. The van der Waals surface area contributed by atoms with E-state index in [4.69, 9.17) is 18.9 Å². The van der Waals surface area contributed by atoms with Crippen molar-refractivity contribution in [2.75, 3.05) is 0 Å². The Kier molecular flexibility index (Phi) is 5.39. The van der Waals surface area contributed by atoms with Crippen LogP contribution in [-0.4, -0.2) is 47.9 Å². The Morgan fingerprint density at radius 3 is 2.34 bits per heavy atom. The summed E-state index contributed by atoms with van der Waals surface area (Å²) >= 11 is 0. The van der Waals surface area contributed by atoms with E-state index >= 15 is 0 Å². The third kappa shape index (κ3) is 3.16. The first-order valence-corrected chi connectivity index (χ1v) is 11.2. The molecule has 2 aliphatic carbocycles. The van der Waals surface area contributed by atoms with E-state index in [-0.39, 0.29) is 30.0 Å². The van der Waals surface area contributed by atoms with Gasteiger partial charge in [-0.15, -0.1) is 0 Å². The average molecular weight is 445 g/mol. The molecule has 0 N–H and O–H groups in total. The molecule has 4 fully saturated rings. The quantitative estimate of drug-likeness (QED) is 0.216. The van der Waals surface area contributed by atoms with E-state index < -0.39 is 35.2 Å². The lowest BCUT2D eigenvalue weighted by Crippen LogP contribution is -2.59. The summed E-state index contributed by atoms with van der Waals surface area (Å²) in [5.74, 6) is -2.02. The number of hydrogen-bond acceptors (Lipinski definition) is 7. The Hall–Kier alpha value is -2.41. The molecule has 4 rings (SSSR count). The summed E-state index contributed by atoms with van der Waals surface area (Å²) in [4.78, 5) is 38.1. The molecule has 0 aromatic carbocycles. The predicted octanol–water partition coefficient (Wildman–Crippen LogP) is 3.43. The van der Waals surface area contributed by atoms with Gasteiger partial charge in [0.25, 0.3) is 0 Å². The average Bonchev–Trinajstić information content (AvgIpc) is 3.51. The van der Waals surface area contributed by atoms with Crippen molar-refractivity contribution in [3.63, 3.8) is 0 Å². The second-order valence-electron chi connectivity index (χ2n) is 9.86. The molecule has 0 spiro atoms. The minimum atomic E-state index is -1.37. The van der Waals surface area contributed by atoms with Gasteiger partial charge in [0.05, 0.1) is 0 Å². The number of epoxide rings is 1. The van der Waals surface area contributed by atoms with Gasteiger partial charge in [0.2, 0.25) is 5.60 Å².